The number of carbonyl (C=O) groups excluding carboxylic acids is 2. The molecule has 0 bridgehead atoms. The van der Waals surface area contributed by atoms with Crippen molar-refractivity contribution in [2.24, 2.45) is 11.7 Å². The third-order valence-corrected chi connectivity index (χ3v) is 1.97. The van der Waals surface area contributed by atoms with E-state index in [2.05, 4.69) is 0 Å². The highest BCUT2D eigenvalue weighted by atomic mass is 16.2. The van der Waals surface area contributed by atoms with E-state index < -0.39 is 17.6 Å². The predicted molar refractivity (Wildman–Crippen MR) is 41.0 cm³/mol. The van der Waals surface area contributed by atoms with Gasteiger partial charge in [0.25, 0.3) is 0 Å². The van der Waals surface area contributed by atoms with Crippen LogP contribution in [0.1, 0.15) is 26.2 Å². The minimum atomic E-state index is -0.542. The Morgan fingerprint density at radius 3 is 2.45 bits per heavy atom. The zero-order valence-electron chi connectivity index (χ0n) is 6.67. The number of ketones is 2. The number of hydrogen-bond donors (Lipinski definition) is 1. The molecule has 3 heteroatoms. The Bertz CT molecular complexity index is 185. The molecule has 1 aliphatic carbocycles. The minimum absolute atomic E-state index is 0.418. The predicted octanol–water partition coefficient (Wildman–Crippen LogP) is 0.272. The van der Waals surface area contributed by atoms with Gasteiger partial charge in [-0.05, 0) is 12.3 Å². The lowest BCUT2D eigenvalue weighted by Gasteiger charge is -2.05. The third kappa shape index (κ3) is 2.42. The van der Waals surface area contributed by atoms with Gasteiger partial charge in [0.05, 0.1) is 6.04 Å². The Balaban J connectivity index is 2.32. The van der Waals surface area contributed by atoms with Crippen molar-refractivity contribution in [3.05, 3.63) is 0 Å². The Kier molecular flexibility index (Phi) is 2.39. The van der Waals surface area contributed by atoms with Crippen LogP contribution in [0.4, 0.5) is 0 Å². The summed E-state index contributed by atoms with van der Waals surface area (Å²) in [5, 5.41) is 0. The van der Waals surface area contributed by atoms with Crippen LogP contribution in [0.2, 0.25) is 0 Å². The smallest absolute Gasteiger partial charge is 0.214 e. The second-order valence-corrected chi connectivity index (χ2v) is 3.21. The Labute approximate surface area is 66.0 Å². The number of rotatable bonds is 4. The molecule has 1 fully saturated rings. The van der Waals surface area contributed by atoms with Crippen molar-refractivity contribution in [2.75, 3.05) is 0 Å². The zero-order chi connectivity index (χ0) is 8.43. The van der Waals surface area contributed by atoms with Crippen molar-refractivity contribution in [3.63, 3.8) is 0 Å². The van der Waals surface area contributed by atoms with Gasteiger partial charge in [-0.1, -0.05) is 12.8 Å². The molecule has 1 aliphatic rings. The molecule has 1 rings (SSSR count). The number of Topliss-reactive ketones (excluding diaryl/α,β-unsaturated/α-hetero) is 2. The first-order valence-corrected chi connectivity index (χ1v) is 3.91. The van der Waals surface area contributed by atoms with Gasteiger partial charge in [0.1, 0.15) is 0 Å². The average molecular weight is 155 g/mol. The standard InChI is InChI=1S/C8H13NO2/c1-5(10)8(11)7(9)4-6-2-3-6/h6-7H,2-4,9H2,1H3/t7-/m0/s1. The molecular formula is C8H13NO2. The van der Waals surface area contributed by atoms with Crippen molar-refractivity contribution < 1.29 is 9.59 Å². The van der Waals surface area contributed by atoms with Crippen molar-refractivity contribution >= 4 is 11.6 Å². The van der Waals surface area contributed by atoms with Crippen LogP contribution in [0.15, 0.2) is 0 Å². The van der Waals surface area contributed by atoms with Gasteiger partial charge in [0.2, 0.25) is 5.78 Å². The van der Waals surface area contributed by atoms with Crippen LogP contribution in [0.25, 0.3) is 0 Å². The van der Waals surface area contributed by atoms with E-state index in [1.807, 2.05) is 0 Å². The third-order valence-electron chi connectivity index (χ3n) is 1.97. The molecule has 0 aromatic carbocycles. The maximum atomic E-state index is 10.9. The van der Waals surface area contributed by atoms with Crippen molar-refractivity contribution in [1.29, 1.82) is 0 Å². The van der Waals surface area contributed by atoms with Crippen LogP contribution in [-0.2, 0) is 9.59 Å². The van der Waals surface area contributed by atoms with Gasteiger partial charge in [0.15, 0.2) is 5.78 Å². The summed E-state index contributed by atoms with van der Waals surface area (Å²) >= 11 is 0. The maximum Gasteiger partial charge on any atom is 0.214 e. The van der Waals surface area contributed by atoms with Crippen LogP contribution in [0.5, 0.6) is 0 Å². The average Bonchev–Trinajstić information content (AvgIpc) is 2.69. The van der Waals surface area contributed by atoms with Crippen LogP contribution in [0.3, 0.4) is 0 Å². The van der Waals surface area contributed by atoms with Crippen molar-refractivity contribution in [1.82, 2.24) is 0 Å². The molecule has 0 aromatic rings. The summed E-state index contributed by atoms with van der Waals surface area (Å²) in [6.07, 6.45) is 3.02. The SMILES string of the molecule is CC(=O)C(=O)[C@@H](N)CC1CC1. The quantitative estimate of drug-likeness (QED) is 0.593. The van der Waals surface area contributed by atoms with E-state index >= 15 is 0 Å². The molecule has 0 aliphatic heterocycles. The summed E-state index contributed by atoms with van der Waals surface area (Å²) in [4.78, 5) is 21.5. The van der Waals surface area contributed by atoms with Crippen LogP contribution in [-0.4, -0.2) is 17.6 Å². The normalized spacial score (nSPS) is 19.5. The maximum absolute atomic E-state index is 10.9. The molecule has 0 unspecified atom stereocenters. The molecule has 0 heterocycles. The fourth-order valence-corrected chi connectivity index (χ4v) is 1.08. The summed E-state index contributed by atoms with van der Waals surface area (Å²) in [6.45, 7) is 1.27. The molecule has 0 spiro atoms. The summed E-state index contributed by atoms with van der Waals surface area (Å²) in [6, 6.07) is -0.542. The summed E-state index contributed by atoms with van der Waals surface area (Å²) in [7, 11) is 0. The number of nitrogens with two attached hydrogens (primary N) is 1. The number of carbonyl (C=O) groups is 2. The molecule has 1 atom stereocenters. The highest BCUT2D eigenvalue weighted by Crippen LogP contribution is 2.33. The van der Waals surface area contributed by atoms with Gasteiger partial charge in [-0.15, -0.1) is 0 Å². The Morgan fingerprint density at radius 1 is 1.55 bits per heavy atom. The first kappa shape index (κ1) is 8.40. The minimum Gasteiger partial charge on any atom is -0.321 e. The molecule has 0 radical (unpaired) electrons. The second-order valence-electron chi connectivity index (χ2n) is 3.21. The fourth-order valence-electron chi connectivity index (χ4n) is 1.08. The largest absolute Gasteiger partial charge is 0.321 e. The van der Waals surface area contributed by atoms with E-state index in [4.69, 9.17) is 5.73 Å². The summed E-state index contributed by atoms with van der Waals surface area (Å²) in [5.74, 6) is -0.233. The Hall–Kier alpha value is -0.700. The second kappa shape index (κ2) is 3.13. The van der Waals surface area contributed by atoms with E-state index in [0.29, 0.717) is 12.3 Å². The van der Waals surface area contributed by atoms with Crippen LogP contribution < -0.4 is 5.73 Å². The van der Waals surface area contributed by atoms with Gasteiger partial charge >= 0.3 is 0 Å². The molecular weight excluding hydrogens is 142 g/mol. The molecule has 11 heavy (non-hydrogen) atoms. The van der Waals surface area contributed by atoms with Crippen LogP contribution >= 0.6 is 0 Å². The zero-order valence-corrected chi connectivity index (χ0v) is 6.67. The van der Waals surface area contributed by atoms with Gasteiger partial charge in [-0.3, -0.25) is 9.59 Å². The lowest BCUT2D eigenvalue weighted by atomic mass is 10.0. The lowest BCUT2D eigenvalue weighted by Crippen LogP contribution is -2.35. The molecule has 62 valence electrons. The van der Waals surface area contributed by atoms with Gasteiger partial charge in [0, 0.05) is 6.92 Å². The molecule has 0 amide bonds. The molecule has 0 aromatic heterocycles. The van der Waals surface area contributed by atoms with E-state index in [0.717, 1.165) is 0 Å². The monoisotopic (exact) mass is 155 g/mol. The van der Waals surface area contributed by atoms with E-state index in [1.54, 1.807) is 0 Å². The van der Waals surface area contributed by atoms with Crippen LogP contribution in [0, 0.1) is 5.92 Å². The number of hydrogen-bond acceptors (Lipinski definition) is 3. The molecule has 3 nitrogen and oxygen atoms in total. The first-order chi connectivity index (χ1) is 5.11. The van der Waals surface area contributed by atoms with Crippen molar-refractivity contribution in [2.45, 2.75) is 32.2 Å². The molecule has 0 saturated heterocycles. The highest BCUT2D eigenvalue weighted by Gasteiger charge is 2.28. The highest BCUT2D eigenvalue weighted by molar-refractivity contribution is 6.38. The summed E-state index contributed by atoms with van der Waals surface area (Å²) in [5.41, 5.74) is 5.49. The molecule has 2 N–H and O–H groups in total. The van der Waals surface area contributed by atoms with Crippen molar-refractivity contribution in [3.8, 4) is 0 Å². The van der Waals surface area contributed by atoms with E-state index in [-0.39, 0.29) is 0 Å². The fraction of sp³-hybridized carbons (Fsp3) is 0.750. The van der Waals surface area contributed by atoms with Gasteiger partial charge < -0.3 is 5.73 Å². The van der Waals surface area contributed by atoms with E-state index in [9.17, 15) is 9.59 Å². The molecule has 1 saturated carbocycles. The van der Waals surface area contributed by atoms with Gasteiger partial charge in [-0.2, -0.15) is 0 Å². The van der Waals surface area contributed by atoms with E-state index in [1.165, 1.54) is 19.8 Å². The topological polar surface area (TPSA) is 60.2 Å². The Morgan fingerprint density at radius 2 is 2.09 bits per heavy atom. The lowest BCUT2D eigenvalue weighted by molar-refractivity contribution is -0.136. The van der Waals surface area contributed by atoms with Gasteiger partial charge in [-0.25, -0.2) is 0 Å². The first-order valence-electron chi connectivity index (χ1n) is 3.91. The summed E-state index contributed by atoms with van der Waals surface area (Å²) < 4.78 is 0.